The van der Waals surface area contributed by atoms with Gasteiger partial charge in [0, 0.05) is 75.3 Å². The van der Waals surface area contributed by atoms with E-state index in [1.807, 2.05) is 20.8 Å². The van der Waals surface area contributed by atoms with Crippen LogP contribution in [0.5, 0.6) is 34.5 Å². The molecule has 0 aliphatic carbocycles. The van der Waals surface area contributed by atoms with E-state index in [2.05, 4.69) is 267 Å². The van der Waals surface area contributed by atoms with Gasteiger partial charge in [-0.15, -0.1) is 0 Å². The highest BCUT2D eigenvalue weighted by molar-refractivity contribution is 5.76. The quantitative estimate of drug-likeness (QED) is 0.0309. The Balaban J connectivity index is 1.46. The van der Waals surface area contributed by atoms with Crippen molar-refractivity contribution in [3.05, 3.63) is 173 Å². The molecule has 3 N–H and O–H groups in total. The molecule has 0 fully saturated rings. The Morgan fingerprint density at radius 2 is 0.524 bits per heavy atom. The minimum Gasteiger partial charge on any atom is -0.507 e. The monoisotopic (exact) mass is 1410 g/mol. The SMILES string of the molecule is CCC(C)(C)c1cc(CCC(=O)Oc2c(C)cc(C(C)CC(c3cc(C)c(OC(=O)CCc4cc(C(C)(C)CC)c(O)c(C(C)(C)CC)c4)c(C(C)(C)C)c3)c3cc(C)c(OC(=O)CCc4cc(C(C)(C)CC)c(O)c(C(C)(C)CC)c4)c(C(C)(C)C)c3)cc2C(C)(C)C)cc(C(C)(C)CC)c1O. The summed E-state index contributed by atoms with van der Waals surface area (Å²) in [7, 11) is 0. The van der Waals surface area contributed by atoms with E-state index in [1.165, 1.54) is 0 Å². The zero-order chi connectivity index (χ0) is 78.0. The molecule has 6 aromatic rings. The Labute approximate surface area is 624 Å². The predicted octanol–water partition coefficient (Wildman–Crippen LogP) is 24.7. The maximum atomic E-state index is 14.5. The number of carbonyl (C=O) groups excluding carboxylic acids is 3. The maximum Gasteiger partial charge on any atom is 0.311 e. The average Bonchev–Trinajstić information content (AvgIpc) is 0.783. The normalized spacial score (nSPS) is 13.4. The molecule has 103 heavy (non-hydrogen) atoms. The van der Waals surface area contributed by atoms with Crippen LogP contribution in [0.2, 0.25) is 0 Å². The number of phenols is 3. The predicted molar refractivity (Wildman–Crippen MR) is 431 cm³/mol. The van der Waals surface area contributed by atoms with Crippen LogP contribution in [0.3, 0.4) is 0 Å². The molecule has 0 heterocycles. The molecule has 9 nitrogen and oxygen atoms in total. The van der Waals surface area contributed by atoms with E-state index in [-0.39, 0.29) is 81.5 Å². The van der Waals surface area contributed by atoms with E-state index in [4.69, 9.17) is 14.2 Å². The summed E-state index contributed by atoms with van der Waals surface area (Å²) in [5, 5.41) is 35.3. The molecule has 0 radical (unpaired) electrons. The van der Waals surface area contributed by atoms with Gasteiger partial charge in [-0.05, 0) is 190 Å². The number of rotatable bonds is 29. The van der Waals surface area contributed by atoms with Crippen LogP contribution in [0.1, 0.15) is 370 Å². The summed E-state index contributed by atoms with van der Waals surface area (Å²) < 4.78 is 19.7. The molecule has 9 heteroatoms. The number of phenolic OH excluding ortho intramolecular Hbond substituents is 3. The van der Waals surface area contributed by atoms with Crippen molar-refractivity contribution >= 4 is 17.9 Å². The topological polar surface area (TPSA) is 140 Å². The highest BCUT2D eigenvalue weighted by Gasteiger charge is 2.37. The summed E-state index contributed by atoms with van der Waals surface area (Å²) in [6.07, 6.45) is 7.57. The van der Waals surface area contributed by atoms with Crippen molar-refractivity contribution in [2.75, 3.05) is 0 Å². The molecule has 6 rings (SSSR count). The van der Waals surface area contributed by atoms with Crippen molar-refractivity contribution in [3.8, 4) is 34.5 Å². The molecule has 1 atom stereocenters. The summed E-state index contributed by atoms with van der Waals surface area (Å²) in [5.41, 5.74) is 14.0. The van der Waals surface area contributed by atoms with Crippen molar-refractivity contribution in [1.82, 2.24) is 0 Å². The zero-order valence-electron chi connectivity index (χ0n) is 70.1. The summed E-state index contributed by atoms with van der Waals surface area (Å²) in [6.45, 7) is 66.7. The van der Waals surface area contributed by atoms with E-state index in [0.717, 1.165) is 139 Å². The lowest BCUT2D eigenvalue weighted by atomic mass is 9.74. The lowest BCUT2D eigenvalue weighted by molar-refractivity contribution is -0.135. The summed E-state index contributed by atoms with van der Waals surface area (Å²) in [4.78, 5) is 43.3. The minimum atomic E-state index is -0.461. The summed E-state index contributed by atoms with van der Waals surface area (Å²) >= 11 is 0. The smallest absolute Gasteiger partial charge is 0.311 e. The largest absolute Gasteiger partial charge is 0.507 e. The minimum absolute atomic E-state index is 0.0440. The standard InChI is InChI=1S/C94H136O9/c1-32-89(20,21)68-48-61(49-69(80(68)98)90(22,23)33-2)38-41-77(95)101-83-58(8)44-64(54-74(83)86(11,12)13)57(7)47-67(65-45-59(9)84(75(55-65)87(14,15)16)102-78(96)42-39-62-50-70(91(24,25)34-3)81(99)71(51-62)92(26,27)35-4)66-46-60(10)85(76(56-66)88(17,18)19)103-79(97)43-40-63-52-72(93(28,29)36-5)82(100)73(53-63)94(30,31)37-6/h44-46,48-57,67,98-100H,32-43,47H2,1-31H3. The number of benzene rings is 6. The fraction of sp³-hybridized carbons (Fsp3) is 0.585. The molecule has 0 aromatic heterocycles. The number of ether oxygens (including phenoxy) is 3. The van der Waals surface area contributed by atoms with Crippen LogP contribution in [0.4, 0.5) is 0 Å². The second-order valence-electron chi connectivity index (χ2n) is 37.5. The van der Waals surface area contributed by atoms with Gasteiger partial charge in [-0.2, -0.15) is 0 Å². The van der Waals surface area contributed by atoms with Crippen LogP contribution in [-0.4, -0.2) is 33.2 Å². The van der Waals surface area contributed by atoms with Crippen molar-refractivity contribution in [2.45, 2.75) is 359 Å². The Bertz CT molecular complexity index is 3760. The molecule has 0 amide bonds. The number of hydrogen-bond donors (Lipinski definition) is 3. The van der Waals surface area contributed by atoms with E-state index >= 15 is 0 Å². The number of hydrogen-bond acceptors (Lipinski definition) is 9. The van der Waals surface area contributed by atoms with Crippen LogP contribution < -0.4 is 14.2 Å². The molecular formula is C94H136O9. The van der Waals surface area contributed by atoms with E-state index < -0.39 is 16.2 Å². The van der Waals surface area contributed by atoms with E-state index in [9.17, 15) is 29.7 Å². The Morgan fingerprint density at radius 1 is 0.320 bits per heavy atom. The Morgan fingerprint density at radius 3 is 0.728 bits per heavy atom. The van der Waals surface area contributed by atoms with Gasteiger partial charge in [-0.25, -0.2) is 0 Å². The first-order chi connectivity index (χ1) is 47.2. The third-order valence-electron chi connectivity index (χ3n) is 24.0. The van der Waals surface area contributed by atoms with Crippen LogP contribution in [-0.2, 0) is 82.4 Å². The molecule has 0 bridgehead atoms. The average molecular weight is 1410 g/mol. The molecule has 0 aliphatic rings. The number of carbonyl (C=O) groups is 3. The molecule has 1 unspecified atom stereocenters. The van der Waals surface area contributed by atoms with Crippen molar-refractivity contribution in [2.24, 2.45) is 0 Å². The van der Waals surface area contributed by atoms with E-state index in [0.29, 0.717) is 60.2 Å². The zero-order valence-corrected chi connectivity index (χ0v) is 70.1. The van der Waals surface area contributed by atoms with Crippen LogP contribution in [0, 0.1) is 20.8 Å². The molecule has 6 aromatic carbocycles. The van der Waals surface area contributed by atoms with Gasteiger partial charge in [0.05, 0.1) is 0 Å². The van der Waals surface area contributed by atoms with Crippen LogP contribution in [0.25, 0.3) is 0 Å². The summed E-state index contributed by atoms with van der Waals surface area (Å²) in [5.74, 6) is 1.51. The second kappa shape index (κ2) is 32.1. The van der Waals surface area contributed by atoms with Crippen LogP contribution >= 0.6 is 0 Å². The summed E-state index contributed by atoms with van der Waals surface area (Å²) in [6, 6.07) is 25.8. The van der Waals surface area contributed by atoms with Crippen molar-refractivity contribution in [3.63, 3.8) is 0 Å². The number of esters is 3. The maximum absolute atomic E-state index is 14.5. The molecule has 0 aliphatic heterocycles. The molecular weight excluding hydrogens is 1270 g/mol. The Hall–Kier alpha value is -6.87. The molecule has 0 spiro atoms. The fourth-order valence-electron chi connectivity index (χ4n) is 14.1. The van der Waals surface area contributed by atoms with E-state index in [1.54, 1.807) is 0 Å². The van der Waals surface area contributed by atoms with Gasteiger partial charge < -0.3 is 29.5 Å². The third-order valence-corrected chi connectivity index (χ3v) is 24.0. The number of aryl methyl sites for hydroxylation is 6. The van der Waals surface area contributed by atoms with Crippen molar-refractivity contribution < 1.29 is 43.9 Å². The fourth-order valence-corrected chi connectivity index (χ4v) is 14.1. The third kappa shape index (κ3) is 19.8. The van der Waals surface area contributed by atoms with Crippen molar-refractivity contribution in [1.29, 1.82) is 0 Å². The first kappa shape index (κ1) is 85.1. The van der Waals surface area contributed by atoms with Gasteiger partial charge in [-0.1, -0.05) is 267 Å². The van der Waals surface area contributed by atoms with Gasteiger partial charge >= 0.3 is 17.9 Å². The first-order valence-corrected chi connectivity index (χ1v) is 38.9. The lowest BCUT2D eigenvalue weighted by Gasteiger charge is -2.31. The number of aromatic hydroxyl groups is 3. The van der Waals surface area contributed by atoms with Gasteiger partial charge in [0.2, 0.25) is 0 Å². The molecule has 566 valence electrons. The molecule has 0 saturated heterocycles. The van der Waals surface area contributed by atoms with Gasteiger partial charge in [0.15, 0.2) is 0 Å². The molecule has 0 saturated carbocycles. The van der Waals surface area contributed by atoms with Crippen LogP contribution in [0.15, 0.2) is 72.8 Å². The van der Waals surface area contributed by atoms with Gasteiger partial charge in [0.25, 0.3) is 0 Å². The second-order valence-corrected chi connectivity index (χ2v) is 37.5. The first-order valence-electron chi connectivity index (χ1n) is 38.9. The highest BCUT2D eigenvalue weighted by Crippen LogP contribution is 2.50. The highest BCUT2D eigenvalue weighted by atomic mass is 16.5. The van der Waals surface area contributed by atoms with Gasteiger partial charge in [-0.3, -0.25) is 14.4 Å². The Kier molecular flexibility index (Phi) is 26.5. The lowest BCUT2D eigenvalue weighted by Crippen LogP contribution is -2.22. The van der Waals surface area contributed by atoms with Gasteiger partial charge in [0.1, 0.15) is 34.5 Å².